The third kappa shape index (κ3) is 1.83. The van der Waals surface area contributed by atoms with Crippen LogP contribution in [0.3, 0.4) is 0 Å². The molecule has 0 aliphatic carbocycles. The smallest absolute Gasteiger partial charge is 0.333 e. The van der Waals surface area contributed by atoms with Gasteiger partial charge in [-0.3, -0.25) is 4.68 Å². The molecule has 80 valence electrons. The molecule has 1 aliphatic heterocycles. The van der Waals surface area contributed by atoms with Crippen LogP contribution in [0.1, 0.15) is 5.69 Å². The van der Waals surface area contributed by atoms with Gasteiger partial charge in [-0.2, -0.15) is 5.10 Å². The number of anilines is 1. The van der Waals surface area contributed by atoms with Crippen molar-refractivity contribution >= 4 is 17.6 Å². The van der Waals surface area contributed by atoms with E-state index in [-0.39, 0.29) is 13.1 Å². The van der Waals surface area contributed by atoms with Gasteiger partial charge in [-0.05, 0) is 6.92 Å². The van der Waals surface area contributed by atoms with Crippen LogP contribution in [-0.4, -0.2) is 34.8 Å². The van der Waals surface area contributed by atoms with E-state index in [9.17, 15) is 9.59 Å². The lowest BCUT2D eigenvalue weighted by Gasteiger charge is -2.25. The molecule has 1 saturated heterocycles. The number of hydrogen-bond acceptors (Lipinski definition) is 5. The highest BCUT2D eigenvalue weighted by atomic mass is 16.6. The van der Waals surface area contributed by atoms with Gasteiger partial charge in [0.05, 0.1) is 11.4 Å². The molecular weight excluding hydrogens is 198 g/mol. The third-order valence-electron chi connectivity index (χ3n) is 2.20. The van der Waals surface area contributed by atoms with E-state index in [2.05, 4.69) is 9.84 Å². The second-order valence-electron chi connectivity index (χ2n) is 3.48. The summed E-state index contributed by atoms with van der Waals surface area (Å²) in [5.74, 6) is -1.04. The fourth-order valence-electron chi connectivity index (χ4n) is 1.63. The highest BCUT2D eigenvalue weighted by Gasteiger charge is 2.26. The maximum absolute atomic E-state index is 11.1. The molecule has 0 atom stereocenters. The van der Waals surface area contributed by atoms with Crippen molar-refractivity contribution < 1.29 is 14.3 Å². The van der Waals surface area contributed by atoms with E-state index >= 15 is 0 Å². The molecule has 15 heavy (non-hydrogen) atoms. The largest absolute Gasteiger partial charge is 0.390 e. The highest BCUT2D eigenvalue weighted by Crippen LogP contribution is 2.19. The normalized spacial score (nSPS) is 16.8. The van der Waals surface area contributed by atoms with E-state index in [0.29, 0.717) is 0 Å². The monoisotopic (exact) mass is 209 g/mol. The Hall–Kier alpha value is -1.85. The second-order valence-corrected chi connectivity index (χ2v) is 3.48. The number of carbonyl (C=O) groups excluding carboxylic acids is 2. The average molecular weight is 209 g/mol. The average Bonchev–Trinajstić information content (AvgIpc) is 2.43. The Kier molecular flexibility index (Phi) is 2.18. The Morgan fingerprint density at radius 2 is 1.93 bits per heavy atom. The summed E-state index contributed by atoms with van der Waals surface area (Å²) in [6, 6.07) is 0. The van der Waals surface area contributed by atoms with Crippen molar-refractivity contribution in [3.8, 4) is 0 Å². The lowest BCUT2D eigenvalue weighted by atomic mass is 10.3. The van der Waals surface area contributed by atoms with Gasteiger partial charge in [0.15, 0.2) is 0 Å². The Morgan fingerprint density at radius 3 is 2.40 bits per heavy atom. The van der Waals surface area contributed by atoms with Crippen molar-refractivity contribution in [1.29, 1.82) is 0 Å². The van der Waals surface area contributed by atoms with Crippen molar-refractivity contribution in [3.05, 3.63) is 11.9 Å². The summed E-state index contributed by atoms with van der Waals surface area (Å²) in [4.78, 5) is 23.8. The van der Waals surface area contributed by atoms with Crippen LogP contribution in [-0.2, 0) is 21.4 Å². The summed E-state index contributed by atoms with van der Waals surface area (Å²) in [5.41, 5.74) is 1.59. The maximum Gasteiger partial charge on any atom is 0.333 e. The van der Waals surface area contributed by atoms with Crippen LogP contribution in [0.5, 0.6) is 0 Å². The molecule has 2 rings (SSSR count). The summed E-state index contributed by atoms with van der Waals surface area (Å²) < 4.78 is 6.09. The number of esters is 2. The second kappa shape index (κ2) is 3.38. The lowest BCUT2D eigenvalue weighted by molar-refractivity contribution is -0.160. The number of aryl methyl sites for hydroxylation is 2. The topological polar surface area (TPSA) is 64.4 Å². The minimum Gasteiger partial charge on any atom is -0.390 e. The van der Waals surface area contributed by atoms with Gasteiger partial charge in [0, 0.05) is 13.2 Å². The van der Waals surface area contributed by atoms with Crippen LogP contribution in [0.4, 0.5) is 5.69 Å². The van der Waals surface area contributed by atoms with E-state index in [0.717, 1.165) is 11.4 Å². The zero-order valence-electron chi connectivity index (χ0n) is 8.56. The summed E-state index contributed by atoms with van der Waals surface area (Å²) in [5, 5.41) is 4.15. The molecule has 6 nitrogen and oxygen atoms in total. The van der Waals surface area contributed by atoms with E-state index in [1.165, 1.54) is 0 Å². The van der Waals surface area contributed by atoms with Crippen LogP contribution in [0.15, 0.2) is 6.20 Å². The van der Waals surface area contributed by atoms with E-state index in [1.807, 2.05) is 6.92 Å². The number of rotatable bonds is 1. The Balaban J connectivity index is 2.27. The summed E-state index contributed by atoms with van der Waals surface area (Å²) in [6.07, 6.45) is 1.78. The molecule has 1 aliphatic rings. The number of carbonyl (C=O) groups is 2. The van der Waals surface area contributed by atoms with Gasteiger partial charge < -0.3 is 9.64 Å². The van der Waals surface area contributed by atoms with E-state index in [1.54, 1.807) is 22.8 Å². The first-order valence-corrected chi connectivity index (χ1v) is 4.55. The summed E-state index contributed by atoms with van der Waals surface area (Å²) >= 11 is 0. The van der Waals surface area contributed by atoms with Crippen LogP contribution >= 0.6 is 0 Å². The quantitative estimate of drug-likeness (QED) is 0.466. The molecule has 0 amide bonds. The maximum atomic E-state index is 11.1. The molecule has 0 saturated carbocycles. The molecule has 0 bridgehead atoms. The molecule has 0 aromatic carbocycles. The summed E-state index contributed by atoms with van der Waals surface area (Å²) in [7, 11) is 1.79. The zero-order chi connectivity index (χ0) is 11.0. The first-order chi connectivity index (χ1) is 7.06. The number of ether oxygens (including phenoxy) is 1. The first-order valence-electron chi connectivity index (χ1n) is 4.55. The van der Waals surface area contributed by atoms with E-state index in [4.69, 9.17) is 0 Å². The molecule has 0 spiro atoms. The van der Waals surface area contributed by atoms with Crippen molar-refractivity contribution in [2.75, 3.05) is 18.0 Å². The minimum absolute atomic E-state index is 0.0955. The van der Waals surface area contributed by atoms with Crippen LogP contribution in [0.2, 0.25) is 0 Å². The molecule has 1 fully saturated rings. The lowest BCUT2D eigenvalue weighted by Crippen LogP contribution is -2.43. The van der Waals surface area contributed by atoms with Gasteiger partial charge in [-0.1, -0.05) is 0 Å². The molecule has 0 N–H and O–H groups in total. The van der Waals surface area contributed by atoms with Gasteiger partial charge in [-0.15, -0.1) is 0 Å². The van der Waals surface area contributed by atoms with Gasteiger partial charge in [0.25, 0.3) is 0 Å². The van der Waals surface area contributed by atoms with Crippen LogP contribution in [0, 0.1) is 6.92 Å². The van der Waals surface area contributed by atoms with Gasteiger partial charge in [0.2, 0.25) is 0 Å². The van der Waals surface area contributed by atoms with Crippen molar-refractivity contribution in [3.63, 3.8) is 0 Å². The number of nitrogens with zero attached hydrogens (tertiary/aromatic N) is 3. The fourth-order valence-corrected chi connectivity index (χ4v) is 1.63. The molecule has 6 heteroatoms. The SMILES string of the molecule is Cc1nn(C)cc1N1CC(=O)OC(=O)C1. The van der Waals surface area contributed by atoms with Gasteiger partial charge >= 0.3 is 11.9 Å². The number of hydrogen-bond donors (Lipinski definition) is 0. The third-order valence-corrected chi connectivity index (χ3v) is 2.20. The van der Waals surface area contributed by atoms with Gasteiger partial charge in [0.1, 0.15) is 13.1 Å². The Bertz CT molecular complexity index is 408. The van der Waals surface area contributed by atoms with Crippen LogP contribution in [0.25, 0.3) is 0 Å². The van der Waals surface area contributed by atoms with Crippen molar-refractivity contribution in [1.82, 2.24) is 9.78 Å². The predicted octanol–water partition coefficient (Wildman–Crippen LogP) is -0.382. The minimum atomic E-state index is -0.519. The van der Waals surface area contributed by atoms with Gasteiger partial charge in [-0.25, -0.2) is 9.59 Å². The van der Waals surface area contributed by atoms with Crippen molar-refractivity contribution in [2.45, 2.75) is 6.92 Å². The standard InChI is InChI=1S/C9H11N3O3/c1-6-7(3-11(2)10-6)12-4-8(13)15-9(14)5-12/h3H,4-5H2,1-2H3. The highest BCUT2D eigenvalue weighted by molar-refractivity contribution is 5.94. The zero-order valence-corrected chi connectivity index (χ0v) is 8.56. The Morgan fingerprint density at radius 1 is 1.33 bits per heavy atom. The fraction of sp³-hybridized carbons (Fsp3) is 0.444. The molecule has 1 aromatic heterocycles. The number of morpholine rings is 1. The molecule has 0 radical (unpaired) electrons. The molecule has 1 aromatic rings. The first kappa shape index (κ1) is 9.70. The number of aromatic nitrogens is 2. The summed E-state index contributed by atoms with van der Waals surface area (Å²) in [6.45, 7) is 2.02. The molecule has 0 unspecified atom stereocenters. The molecular formula is C9H11N3O3. The predicted molar refractivity (Wildman–Crippen MR) is 51.3 cm³/mol. The number of cyclic esters (lactones) is 2. The van der Waals surface area contributed by atoms with Crippen LogP contribution < -0.4 is 4.90 Å². The van der Waals surface area contributed by atoms with E-state index < -0.39 is 11.9 Å². The van der Waals surface area contributed by atoms with Crippen molar-refractivity contribution in [2.24, 2.45) is 7.05 Å². The Labute approximate surface area is 86.4 Å². The molecule has 2 heterocycles.